The van der Waals surface area contributed by atoms with Crippen LogP contribution in [0.5, 0.6) is 0 Å². The van der Waals surface area contributed by atoms with Gasteiger partial charge in [-0.15, -0.1) is 5.10 Å². The second-order valence-corrected chi connectivity index (χ2v) is 7.86. The van der Waals surface area contributed by atoms with Crippen molar-refractivity contribution in [1.82, 2.24) is 35.3 Å². The summed E-state index contributed by atoms with van der Waals surface area (Å²) in [6, 6.07) is 15.8. The lowest BCUT2D eigenvalue weighted by Gasteiger charge is -2.24. The van der Waals surface area contributed by atoms with E-state index in [9.17, 15) is 4.79 Å². The molecule has 1 unspecified atom stereocenters. The fourth-order valence-corrected chi connectivity index (χ4v) is 4.23. The number of rotatable bonds is 5. The van der Waals surface area contributed by atoms with Gasteiger partial charge in [0, 0.05) is 16.8 Å². The number of fused-ring (bicyclic) bond motifs is 1. The van der Waals surface area contributed by atoms with Crippen LogP contribution in [0.3, 0.4) is 0 Å². The van der Waals surface area contributed by atoms with Gasteiger partial charge >= 0.3 is 0 Å². The minimum Gasteiger partial charge on any atom is -0.345 e. The van der Waals surface area contributed by atoms with E-state index in [0.717, 1.165) is 42.6 Å². The number of hydrogen-bond acceptors (Lipinski definition) is 5. The summed E-state index contributed by atoms with van der Waals surface area (Å²) < 4.78 is 3.65. The number of benzene rings is 2. The van der Waals surface area contributed by atoms with E-state index < -0.39 is 0 Å². The molecular formula is C23H23N7O. The van der Waals surface area contributed by atoms with Crippen molar-refractivity contribution in [2.24, 2.45) is 0 Å². The maximum Gasteiger partial charge on any atom is 0.251 e. The number of aromatic nitrogens is 6. The first-order valence-corrected chi connectivity index (χ1v) is 10.4. The third-order valence-corrected chi connectivity index (χ3v) is 5.80. The first-order chi connectivity index (χ1) is 15.2. The second-order valence-electron chi connectivity index (χ2n) is 7.86. The highest BCUT2D eigenvalue weighted by Crippen LogP contribution is 2.30. The van der Waals surface area contributed by atoms with Crippen LogP contribution in [-0.4, -0.2) is 35.9 Å². The molecule has 0 spiro atoms. The predicted octanol–water partition coefficient (Wildman–Crippen LogP) is 3.02. The molecule has 1 N–H and O–H groups in total. The molecular weight excluding hydrogens is 390 g/mol. The van der Waals surface area contributed by atoms with E-state index in [1.807, 2.05) is 49.5 Å². The van der Waals surface area contributed by atoms with Crippen LogP contribution in [0.1, 0.15) is 51.6 Å². The summed E-state index contributed by atoms with van der Waals surface area (Å²) in [6.45, 7) is 2.69. The smallest absolute Gasteiger partial charge is 0.251 e. The molecule has 156 valence electrons. The van der Waals surface area contributed by atoms with E-state index in [2.05, 4.69) is 42.8 Å². The first kappa shape index (κ1) is 19.2. The van der Waals surface area contributed by atoms with Crippen LogP contribution in [0, 0.1) is 6.92 Å². The van der Waals surface area contributed by atoms with Crippen LogP contribution in [0.25, 0.3) is 5.69 Å². The zero-order chi connectivity index (χ0) is 21.2. The molecule has 1 atom stereocenters. The topological polar surface area (TPSA) is 90.5 Å². The molecule has 8 nitrogen and oxygen atoms in total. The molecule has 1 aliphatic carbocycles. The molecule has 2 aromatic heterocycles. The summed E-state index contributed by atoms with van der Waals surface area (Å²) in [5.74, 6) is -0.0833. The van der Waals surface area contributed by atoms with Crippen molar-refractivity contribution in [2.45, 2.75) is 38.8 Å². The summed E-state index contributed by atoms with van der Waals surface area (Å²) in [5.41, 5.74) is 5.96. The van der Waals surface area contributed by atoms with Gasteiger partial charge in [-0.05, 0) is 65.9 Å². The van der Waals surface area contributed by atoms with Gasteiger partial charge in [0.2, 0.25) is 0 Å². The Balaban J connectivity index is 1.33. The number of nitrogens with zero attached hydrogens (tertiary/aromatic N) is 6. The third kappa shape index (κ3) is 3.84. The monoisotopic (exact) mass is 413 g/mol. The molecule has 0 saturated carbocycles. The molecule has 4 aromatic rings. The maximum absolute atomic E-state index is 13.0. The summed E-state index contributed by atoms with van der Waals surface area (Å²) in [5, 5.41) is 19.1. The lowest BCUT2D eigenvalue weighted by molar-refractivity contribution is 0.0932. The molecule has 0 radical (unpaired) electrons. The molecule has 0 saturated heterocycles. The van der Waals surface area contributed by atoms with Gasteiger partial charge in [0.15, 0.2) is 0 Å². The van der Waals surface area contributed by atoms with E-state index in [-0.39, 0.29) is 11.9 Å². The van der Waals surface area contributed by atoms with Gasteiger partial charge in [-0.3, -0.25) is 9.48 Å². The lowest BCUT2D eigenvalue weighted by atomic mass is 9.92. The fraction of sp³-hybridized carbons (Fsp3) is 0.261. The number of hydrogen-bond donors (Lipinski definition) is 1. The first-order valence-electron chi connectivity index (χ1n) is 10.4. The van der Waals surface area contributed by atoms with Crippen LogP contribution in [0.15, 0.2) is 61.1 Å². The molecule has 1 amide bonds. The van der Waals surface area contributed by atoms with Crippen LogP contribution in [0.4, 0.5) is 0 Å². The summed E-state index contributed by atoms with van der Waals surface area (Å²) >= 11 is 0. The quantitative estimate of drug-likeness (QED) is 0.543. The molecule has 5 rings (SSSR count). The zero-order valence-electron chi connectivity index (χ0n) is 17.3. The highest BCUT2D eigenvalue weighted by atomic mass is 16.1. The highest BCUT2D eigenvalue weighted by Gasteiger charge is 2.26. The van der Waals surface area contributed by atoms with Crippen molar-refractivity contribution in [3.8, 4) is 5.69 Å². The van der Waals surface area contributed by atoms with Crippen molar-refractivity contribution in [2.75, 3.05) is 0 Å². The van der Waals surface area contributed by atoms with E-state index in [1.54, 1.807) is 11.0 Å². The Morgan fingerprint density at radius 1 is 1.19 bits per heavy atom. The van der Waals surface area contributed by atoms with Gasteiger partial charge in [0.25, 0.3) is 5.91 Å². The summed E-state index contributed by atoms with van der Waals surface area (Å²) in [4.78, 5) is 13.0. The minimum atomic E-state index is -0.0833. The number of aryl methyl sites for hydroxylation is 1. The van der Waals surface area contributed by atoms with Gasteiger partial charge in [-0.2, -0.15) is 5.10 Å². The third-order valence-electron chi connectivity index (χ3n) is 5.80. The molecule has 2 heterocycles. The van der Waals surface area contributed by atoms with Crippen molar-refractivity contribution >= 4 is 5.91 Å². The van der Waals surface area contributed by atoms with Crippen LogP contribution in [0.2, 0.25) is 0 Å². The van der Waals surface area contributed by atoms with E-state index in [4.69, 9.17) is 0 Å². The largest absolute Gasteiger partial charge is 0.345 e. The van der Waals surface area contributed by atoms with Gasteiger partial charge in [0.05, 0.1) is 24.5 Å². The summed E-state index contributed by atoms with van der Waals surface area (Å²) in [7, 11) is 0. The van der Waals surface area contributed by atoms with Gasteiger partial charge in [-0.1, -0.05) is 30.3 Å². The van der Waals surface area contributed by atoms with Crippen molar-refractivity contribution < 1.29 is 4.79 Å². The van der Waals surface area contributed by atoms with Gasteiger partial charge < -0.3 is 5.32 Å². The number of amides is 1. The second kappa shape index (κ2) is 8.14. The average molecular weight is 413 g/mol. The van der Waals surface area contributed by atoms with Crippen molar-refractivity contribution in [1.29, 1.82) is 0 Å². The Labute approximate surface area is 179 Å². The van der Waals surface area contributed by atoms with Gasteiger partial charge in [-0.25, -0.2) is 4.68 Å². The Hall–Kier alpha value is -3.81. The molecule has 8 heteroatoms. The standard InChI is InChI=1S/C23H23N7O/c1-16-12-18(10-11-21(16)30-15-24-27-28-30)23(31)26-20-8-5-9-22-19(20)13-25-29(22)14-17-6-3-2-4-7-17/h2-4,6-7,10-13,15,20H,5,8-9,14H2,1H3,(H,26,31). The van der Waals surface area contributed by atoms with Gasteiger partial charge in [0.1, 0.15) is 6.33 Å². The molecule has 0 fully saturated rings. The van der Waals surface area contributed by atoms with E-state index in [0.29, 0.717) is 5.56 Å². The SMILES string of the molecule is Cc1cc(C(=O)NC2CCCc3c2cnn3Cc2ccccc2)ccc1-n1cnnn1. The number of carbonyl (C=O) groups is 1. The average Bonchev–Trinajstić information content (AvgIpc) is 3.46. The molecule has 0 aliphatic heterocycles. The van der Waals surface area contributed by atoms with Crippen molar-refractivity contribution in [3.63, 3.8) is 0 Å². The van der Waals surface area contributed by atoms with Crippen molar-refractivity contribution in [3.05, 3.63) is 89.0 Å². The van der Waals surface area contributed by atoms with E-state index >= 15 is 0 Å². The van der Waals surface area contributed by atoms with E-state index in [1.165, 1.54) is 11.3 Å². The Morgan fingerprint density at radius 3 is 2.84 bits per heavy atom. The number of tetrazole rings is 1. The molecule has 31 heavy (non-hydrogen) atoms. The fourth-order valence-electron chi connectivity index (χ4n) is 4.23. The van der Waals surface area contributed by atoms with Crippen LogP contribution >= 0.6 is 0 Å². The molecule has 0 bridgehead atoms. The number of nitrogens with one attached hydrogen (secondary N) is 1. The normalized spacial score (nSPS) is 15.5. The lowest BCUT2D eigenvalue weighted by Crippen LogP contribution is -2.31. The molecule has 2 aromatic carbocycles. The van der Waals surface area contributed by atoms with Crippen LogP contribution < -0.4 is 5.32 Å². The minimum absolute atomic E-state index is 0.0275. The maximum atomic E-state index is 13.0. The molecule has 1 aliphatic rings. The Bertz CT molecular complexity index is 1200. The summed E-state index contributed by atoms with van der Waals surface area (Å²) in [6.07, 6.45) is 6.37. The Kier molecular flexibility index (Phi) is 5.03. The predicted molar refractivity (Wildman–Crippen MR) is 115 cm³/mol. The highest BCUT2D eigenvalue weighted by molar-refractivity contribution is 5.95. The zero-order valence-corrected chi connectivity index (χ0v) is 17.3. The van der Waals surface area contributed by atoms with Crippen LogP contribution in [-0.2, 0) is 13.0 Å². The Morgan fingerprint density at radius 2 is 2.06 bits per heavy atom. The number of carbonyl (C=O) groups excluding carboxylic acids is 1.